The van der Waals surface area contributed by atoms with Crippen LogP contribution in [0.1, 0.15) is 19.8 Å². The minimum absolute atomic E-state index is 0.472. The average Bonchev–Trinajstić information content (AvgIpc) is 2.81. The molecule has 7 heteroatoms. The van der Waals surface area contributed by atoms with Crippen LogP contribution in [0, 0.1) is 8.78 Å². The van der Waals surface area contributed by atoms with E-state index < -0.39 is 0 Å². The van der Waals surface area contributed by atoms with Gasteiger partial charge in [-0.2, -0.15) is 5.10 Å². The molecule has 0 bridgehead atoms. The van der Waals surface area contributed by atoms with Crippen molar-refractivity contribution in [1.82, 2.24) is 14.7 Å². The third-order valence-corrected chi connectivity index (χ3v) is 3.80. The van der Waals surface area contributed by atoms with E-state index in [1.807, 2.05) is 6.07 Å². The van der Waals surface area contributed by atoms with Gasteiger partial charge in [-0.15, -0.1) is 0 Å². The highest BCUT2D eigenvalue weighted by atomic mass is 127. The van der Waals surface area contributed by atoms with Crippen LogP contribution >= 0.6 is 22.6 Å². The van der Waals surface area contributed by atoms with Crippen LogP contribution in [-0.4, -0.2) is 21.3 Å². The normalized spacial score (nSPS) is 11.3. The first kappa shape index (κ1) is 13.3. The molecular weight excluding hydrogens is 371 g/mol. The van der Waals surface area contributed by atoms with Crippen LogP contribution in [0.15, 0.2) is 24.4 Å². The van der Waals surface area contributed by atoms with Gasteiger partial charge in [0.2, 0.25) is 5.65 Å². The molecule has 0 spiro atoms. The number of rotatable bonds is 4. The van der Waals surface area contributed by atoms with Crippen molar-refractivity contribution in [2.45, 2.75) is 19.8 Å². The van der Waals surface area contributed by atoms with Crippen molar-refractivity contribution in [3.8, 4) is 5.75 Å². The summed E-state index contributed by atoms with van der Waals surface area (Å²) < 4.78 is 8.18. The van der Waals surface area contributed by atoms with Gasteiger partial charge in [0.1, 0.15) is 11.3 Å². The summed E-state index contributed by atoms with van der Waals surface area (Å²) in [6.07, 6.45) is 3.78. The molecule has 0 atom stereocenters. The Morgan fingerprint density at radius 3 is 3.10 bits per heavy atom. The number of halogens is 1. The van der Waals surface area contributed by atoms with Crippen molar-refractivity contribution in [2.24, 2.45) is 0 Å². The first-order valence-corrected chi connectivity index (χ1v) is 7.48. The van der Waals surface area contributed by atoms with Crippen molar-refractivity contribution < 1.29 is 9.58 Å². The quantitative estimate of drug-likeness (QED) is 0.300. The zero-order valence-electron chi connectivity index (χ0n) is 10.9. The Kier molecular flexibility index (Phi) is 3.60. The van der Waals surface area contributed by atoms with E-state index in [0.717, 1.165) is 22.2 Å². The van der Waals surface area contributed by atoms with Gasteiger partial charge in [-0.1, -0.05) is 13.3 Å². The smallest absolute Gasteiger partial charge is 0.270 e. The number of aromatic nitrogens is 4. The highest BCUT2D eigenvalue weighted by Crippen LogP contribution is 2.20. The molecule has 0 aliphatic rings. The van der Waals surface area contributed by atoms with Crippen molar-refractivity contribution in [3.63, 3.8) is 0 Å². The number of ether oxygens (including phenoxy) is 1. The number of nitrogens with zero attached hydrogens (tertiary/aromatic N) is 4. The van der Waals surface area contributed by atoms with E-state index in [2.05, 4.69) is 39.7 Å². The molecule has 0 saturated heterocycles. The maximum Gasteiger partial charge on any atom is 0.270 e. The van der Waals surface area contributed by atoms with E-state index in [9.17, 15) is 5.21 Å². The highest BCUT2D eigenvalue weighted by molar-refractivity contribution is 14.1. The van der Waals surface area contributed by atoms with E-state index in [4.69, 9.17) is 4.74 Å². The lowest BCUT2D eigenvalue weighted by Crippen LogP contribution is -2.33. The lowest BCUT2D eigenvalue weighted by atomic mass is 10.3. The molecule has 6 nitrogen and oxygen atoms in total. The van der Waals surface area contributed by atoms with Gasteiger partial charge >= 0.3 is 0 Å². The van der Waals surface area contributed by atoms with Crippen LogP contribution in [0.25, 0.3) is 16.7 Å². The molecule has 1 aromatic carbocycles. The summed E-state index contributed by atoms with van der Waals surface area (Å²) in [5.41, 5.74) is 1.72. The summed E-state index contributed by atoms with van der Waals surface area (Å²) in [7, 11) is 0. The summed E-state index contributed by atoms with van der Waals surface area (Å²) in [5, 5.41) is 20.2. The van der Waals surface area contributed by atoms with Gasteiger partial charge < -0.3 is 9.94 Å². The summed E-state index contributed by atoms with van der Waals surface area (Å²) in [5.74, 6) is 0.740. The number of fused-ring (bicyclic) bond motifs is 3. The molecule has 3 rings (SSSR count). The largest absolute Gasteiger partial charge is 0.594 e. The van der Waals surface area contributed by atoms with Gasteiger partial charge in [0.05, 0.1) is 16.4 Å². The monoisotopic (exact) mass is 384 g/mol. The fourth-order valence-electron chi connectivity index (χ4n) is 1.99. The predicted octanol–water partition coefficient (Wildman–Crippen LogP) is 2.30. The number of benzene rings is 1. The van der Waals surface area contributed by atoms with Gasteiger partial charge in [-0.25, -0.2) is 4.52 Å². The molecule has 0 N–H and O–H groups in total. The number of hydrogen-bond acceptors (Lipinski definition) is 4. The van der Waals surface area contributed by atoms with Gasteiger partial charge in [0.25, 0.3) is 5.52 Å². The van der Waals surface area contributed by atoms with Crippen LogP contribution < -0.4 is 9.58 Å². The zero-order chi connectivity index (χ0) is 14.1. The molecule has 0 aliphatic heterocycles. The molecule has 104 valence electrons. The van der Waals surface area contributed by atoms with Crippen molar-refractivity contribution in [1.29, 1.82) is 0 Å². The van der Waals surface area contributed by atoms with Gasteiger partial charge in [-0.3, -0.25) is 0 Å². The molecule has 2 aromatic heterocycles. The van der Waals surface area contributed by atoms with Crippen LogP contribution in [0.4, 0.5) is 0 Å². The minimum atomic E-state index is 0.472. The summed E-state index contributed by atoms with van der Waals surface area (Å²) >= 11 is 2.11. The third kappa shape index (κ3) is 2.26. The lowest BCUT2D eigenvalue weighted by Gasteiger charge is -2.07. The standard InChI is InChI=1S/C13H13IN4O2/c1-2-3-6-20-9-4-5-11-12(7-9)17-13(16-18(11)19)10(14)8-15-17/h4-5,7-8H,2-3,6H2,1H3. The summed E-state index contributed by atoms with van der Waals surface area (Å²) in [4.78, 5) is 0.629. The van der Waals surface area contributed by atoms with Crippen molar-refractivity contribution in [3.05, 3.63) is 33.2 Å². The molecule has 0 radical (unpaired) electrons. The topological polar surface area (TPSA) is 66.4 Å². The van der Waals surface area contributed by atoms with E-state index in [1.54, 1.807) is 22.8 Å². The second-order valence-electron chi connectivity index (χ2n) is 4.45. The number of unbranched alkanes of at least 4 members (excludes halogenated alkanes) is 1. The van der Waals surface area contributed by atoms with E-state index in [0.29, 0.717) is 28.1 Å². The fourth-order valence-corrected chi connectivity index (χ4v) is 2.45. The van der Waals surface area contributed by atoms with Crippen LogP contribution in [-0.2, 0) is 0 Å². The third-order valence-electron chi connectivity index (χ3n) is 3.03. The molecule has 0 unspecified atom stereocenters. The Hall–Kier alpha value is -1.64. The van der Waals surface area contributed by atoms with Crippen LogP contribution in [0.2, 0.25) is 0 Å². The summed E-state index contributed by atoms with van der Waals surface area (Å²) in [6.45, 7) is 2.79. The first-order chi connectivity index (χ1) is 9.70. The Balaban J connectivity index is 2.13. The Bertz CT molecular complexity index is 772. The summed E-state index contributed by atoms with van der Waals surface area (Å²) in [6, 6.07) is 5.33. The first-order valence-electron chi connectivity index (χ1n) is 6.40. The zero-order valence-corrected chi connectivity index (χ0v) is 13.1. The SMILES string of the molecule is CCCCOc1ccc2c(c1)n1ncc(I)c1n[n+]2[O-]. The maximum atomic E-state index is 11.9. The maximum absolute atomic E-state index is 11.9. The Labute approximate surface area is 129 Å². The van der Waals surface area contributed by atoms with E-state index >= 15 is 0 Å². The second-order valence-corrected chi connectivity index (χ2v) is 5.62. The number of hydrogen-bond donors (Lipinski definition) is 0. The lowest BCUT2D eigenvalue weighted by molar-refractivity contribution is -0.640. The molecule has 20 heavy (non-hydrogen) atoms. The fraction of sp³-hybridized carbons (Fsp3) is 0.308. The van der Waals surface area contributed by atoms with Gasteiger partial charge in [-0.05, 0) is 39.9 Å². The molecule has 0 fully saturated rings. The Morgan fingerprint density at radius 1 is 1.45 bits per heavy atom. The van der Waals surface area contributed by atoms with Gasteiger partial charge in [0, 0.05) is 17.2 Å². The highest BCUT2D eigenvalue weighted by Gasteiger charge is 2.15. The van der Waals surface area contributed by atoms with Crippen LogP contribution in [0.5, 0.6) is 5.75 Å². The average molecular weight is 384 g/mol. The molecule has 0 aliphatic carbocycles. The van der Waals surface area contributed by atoms with Crippen LogP contribution in [0.3, 0.4) is 0 Å². The molecular formula is C13H13IN4O2. The second kappa shape index (κ2) is 5.39. The molecule has 0 amide bonds. The van der Waals surface area contributed by atoms with E-state index in [1.165, 1.54) is 0 Å². The Morgan fingerprint density at radius 2 is 2.30 bits per heavy atom. The predicted molar refractivity (Wildman–Crippen MR) is 82.6 cm³/mol. The van der Waals surface area contributed by atoms with E-state index in [-0.39, 0.29) is 0 Å². The molecule has 3 aromatic rings. The molecule has 0 saturated carbocycles. The molecule has 2 heterocycles. The van der Waals surface area contributed by atoms with Crippen molar-refractivity contribution in [2.75, 3.05) is 6.61 Å². The minimum Gasteiger partial charge on any atom is -0.594 e. The van der Waals surface area contributed by atoms with Gasteiger partial charge in [0.15, 0.2) is 0 Å². The van der Waals surface area contributed by atoms with Crippen molar-refractivity contribution >= 4 is 39.3 Å².